The zero-order chi connectivity index (χ0) is 21.8. The van der Waals surface area contributed by atoms with Crippen LogP contribution in [-0.2, 0) is 23.8 Å². The molecular formula is C22H22ClNO6. The van der Waals surface area contributed by atoms with Crippen LogP contribution in [0.25, 0.3) is 0 Å². The summed E-state index contributed by atoms with van der Waals surface area (Å²) in [5, 5.41) is 0.335. The summed E-state index contributed by atoms with van der Waals surface area (Å²) in [6.07, 6.45) is 0. The van der Waals surface area contributed by atoms with E-state index < -0.39 is 11.9 Å². The number of benzene rings is 2. The third kappa shape index (κ3) is 4.42. The summed E-state index contributed by atoms with van der Waals surface area (Å²) in [5.74, 6) is -0.187. The van der Waals surface area contributed by atoms with Crippen molar-refractivity contribution < 1.29 is 28.5 Å². The summed E-state index contributed by atoms with van der Waals surface area (Å²) >= 11 is 6.45. The van der Waals surface area contributed by atoms with E-state index in [1.807, 2.05) is 32.0 Å². The molecule has 30 heavy (non-hydrogen) atoms. The molecular weight excluding hydrogens is 410 g/mol. The van der Waals surface area contributed by atoms with Crippen LogP contribution in [0.5, 0.6) is 11.5 Å². The quantitative estimate of drug-likeness (QED) is 0.658. The number of aryl methyl sites for hydroxylation is 2. The molecule has 1 heterocycles. The maximum atomic E-state index is 12.4. The number of hydrogen-bond acceptors (Lipinski definition) is 7. The number of methoxy groups -OCH3 is 2. The number of halogens is 1. The molecule has 0 amide bonds. The molecule has 7 nitrogen and oxygen atoms in total. The highest BCUT2D eigenvalue weighted by molar-refractivity contribution is 6.32. The first-order valence-electron chi connectivity index (χ1n) is 9.15. The van der Waals surface area contributed by atoms with Gasteiger partial charge in [-0.2, -0.15) is 0 Å². The van der Waals surface area contributed by atoms with Gasteiger partial charge in [0.25, 0.3) is 0 Å². The van der Waals surface area contributed by atoms with Crippen LogP contribution in [-0.4, -0.2) is 39.5 Å². The van der Waals surface area contributed by atoms with Crippen molar-refractivity contribution in [1.29, 1.82) is 0 Å². The van der Waals surface area contributed by atoms with E-state index in [-0.39, 0.29) is 24.6 Å². The highest BCUT2D eigenvalue weighted by atomic mass is 35.5. The van der Waals surface area contributed by atoms with Gasteiger partial charge < -0.3 is 23.8 Å². The van der Waals surface area contributed by atoms with E-state index in [4.69, 9.17) is 30.5 Å². The summed E-state index contributed by atoms with van der Waals surface area (Å²) in [7, 11) is 2.48. The molecule has 2 aromatic carbocycles. The highest BCUT2D eigenvalue weighted by Crippen LogP contribution is 2.36. The van der Waals surface area contributed by atoms with Crippen molar-refractivity contribution >= 4 is 29.2 Å². The Morgan fingerprint density at radius 3 is 2.33 bits per heavy atom. The summed E-state index contributed by atoms with van der Waals surface area (Å²) < 4.78 is 21.1. The van der Waals surface area contributed by atoms with Crippen LogP contribution in [0.2, 0.25) is 5.02 Å². The minimum Gasteiger partial charge on any atom is -0.466 e. The van der Waals surface area contributed by atoms with Gasteiger partial charge in [0.2, 0.25) is 0 Å². The van der Waals surface area contributed by atoms with Crippen LogP contribution < -0.4 is 9.64 Å². The molecule has 0 bridgehead atoms. The van der Waals surface area contributed by atoms with Gasteiger partial charge in [0.1, 0.15) is 23.9 Å². The molecule has 0 aromatic heterocycles. The Bertz CT molecular complexity index is 1020. The molecule has 0 N–H and O–H groups in total. The minimum atomic E-state index is -0.676. The summed E-state index contributed by atoms with van der Waals surface area (Å²) in [6, 6.07) is 10.9. The normalized spacial score (nSPS) is 13.8. The average Bonchev–Trinajstić information content (AvgIpc) is 2.75. The fourth-order valence-electron chi connectivity index (χ4n) is 3.12. The van der Waals surface area contributed by atoms with Crippen molar-refractivity contribution in [1.82, 2.24) is 0 Å². The zero-order valence-electron chi connectivity index (χ0n) is 17.2. The molecule has 0 fully saturated rings. The second-order valence-electron chi connectivity index (χ2n) is 6.70. The smallest absolute Gasteiger partial charge is 0.355 e. The van der Waals surface area contributed by atoms with Gasteiger partial charge in [0.15, 0.2) is 0 Å². The topological polar surface area (TPSA) is 74.3 Å². The van der Waals surface area contributed by atoms with Gasteiger partial charge in [-0.1, -0.05) is 29.3 Å². The largest absolute Gasteiger partial charge is 0.466 e. The van der Waals surface area contributed by atoms with E-state index in [2.05, 4.69) is 0 Å². The first-order valence-corrected chi connectivity index (χ1v) is 9.53. The number of anilines is 1. The lowest BCUT2D eigenvalue weighted by Gasteiger charge is -2.31. The van der Waals surface area contributed by atoms with Gasteiger partial charge in [-0.25, -0.2) is 9.59 Å². The number of carbonyl (C=O) groups is 2. The van der Waals surface area contributed by atoms with Crippen LogP contribution in [0.15, 0.2) is 47.7 Å². The Hall–Kier alpha value is -3.03. The van der Waals surface area contributed by atoms with E-state index in [0.29, 0.717) is 22.2 Å². The molecule has 0 spiro atoms. The van der Waals surface area contributed by atoms with Crippen LogP contribution in [0, 0.1) is 13.8 Å². The van der Waals surface area contributed by atoms with E-state index in [1.54, 1.807) is 18.2 Å². The third-order valence-corrected chi connectivity index (χ3v) is 4.91. The number of nitrogens with zero attached hydrogens (tertiary/aromatic N) is 1. The van der Waals surface area contributed by atoms with Crippen LogP contribution in [0.3, 0.4) is 0 Å². The monoisotopic (exact) mass is 431 g/mol. The van der Waals surface area contributed by atoms with Crippen molar-refractivity contribution in [2.75, 3.05) is 32.5 Å². The van der Waals surface area contributed by atoms with Gasteiger partial charge in [-0.3, -0.25) is 0 Å². The van der Waals surface area contributed by atoms with Crippen LogP contribution in [0.1, 0.15) is 11.1 Å². The molecule has 0 saturated carbocycles. The molecule has 3 rings (SSSR count). The fourth-order valence-corrected chi connectivity index (χ4v) is 3.33. The summed E-state index contributed by atoms with van der Waals surface area (Å²) in [5.41, 5.74) is 2.78. The first-order chi connectivity index (χ1) is 14.3. The number of ether oxygens (including phenoxy) is 4. The van der Waals surface area contributed by atoms with Crippen LogP contribution in [0.4, 0.5) is 5.69 Å². The lowest BCUT2D eigenvalue weighted by molar-refractivity contribution is -0.140. The van der Waals surface area contributed by atoms with Gasteiger partial charge in [0, 0.05) is 5.69 Å². The van der Waals surface area contributed by atoms with Gasteiger partial charge in [-0.05, 0) is 43.7 Å². The Morgan fingerprint density at radius 2 is 1.70 bits per heavy atom. The summed E-state index contributed by atoms with van der Waals surface area (Å²) in [4.78, 5) is 26.0. The number of rotatable bonds is 5. The van der Waals surface area contributed by atoms with Gasteiger partial charge in [-0.15, -0.1) is 0 Å². The first kappa shape index (κ1) is 21.7. The van der Waals surface area contributed by atoms with E-state index in [1.165, 1.54) is 19.1 Å². The predicted octanol–water partition coefficient (Wildman–Crippen LogP) is 4.14. The lowest BCUT2D eigenvalue weighted by atomic mass is 10.1. The second kappa shape index (κ2) is 9.19. The lowest BCUT2D eigenvalue weighted by Crippen LogP contribution is -2.38. The molecule has 2 aromatic rings. The molecule has 0 saturated heterocycles. The maximum absolute atomic E-state index is 12.4. The molecule has 1 aliphatic heterocycles. The minimum absolute atomic E-state index is 0.0402. The molecule has 8 heteroatoms. The zero-order valence-corrected chi connectivity index (χ0v) is 17.9. The summed E-state index contributed by atoms with van der Waals surface area (Å²) in [6.45, 7) is 3.94. The maximum Gasteiger partial charge on any atom is 0.355 e. The van der Waals surface area contributed by atoms with Crippen molar-refractivity contribution in [3.63, 3.8) is 0 Å². The molecule has 0 radical (unpaired) electrons. The Labute approximate surface area is 179 Å². The van der Waals surface area contributed by atoms with Gasteiger partial charge >= 0.3 is 11.9 Å². The fraction of sp³-hybridized carbons (Fsp3) is 0.273. The van der Waals surface area contributed by atoms with Crippen molar-refractivity contribution in [2.24, 2.45) is 0 Å². The van der Waals surface area contributed by atoms with Gasteiger partial charge in [0.05, 0.1) is 31.4 Å². The van der Waals surface area contributed by atoms with E-state index >= 15 is 0 Å². The molecule has 0 aliphatic carbocycles. The standard InChI is InChI=1S/C22H22ClNO6/c1-13-5-7-18(14(2)9-13)30-19-8-6-15(10-17(19)23)24-12-29-11-16(21(25)27-3)20(24)22(26)28-4/h5-10H,11-12H2,1-4H3. The number of esters is 2. The SMILES string of the molecule is COC(=O)C1=C(C(=O)OC)N(c2ccc(Oc3ccc(C)cc3C)c(Cl)c2)COC1. The molecule has 158 valence electrons. The van der Waals surface area contributed by atoms with E-state index in [0.717, 1.165) is 11.1 Å². The molecule has 0 atom stereocenters. The molecule has 0 unspecified atom stereocenters. The Morgan fingerprint density at radius 1 is 1.00 bits per heavy atom. The molecule has 1 aliphatic rings. The van der Waals surface area contributed by atoms with Crippen molar-refractivity contribution in [3.05, 3.63) is 63.8 Å². The Kier molecular flexibility index (Phi) is 6.64. The third-order valence-electron chi connectivity index (χ3n) is 4.61. The number of carbonyl (C=O) groups excluding carboxylic acids is 2. The van der Waals surface area contributed by atoms with E-state index in [9.17, 15) is 9.59 Å². The Balaban J connectivity index is 1.96. The average molecular weight is 432 g/mol. The van der Waals surface area contributed by atoms with Crippen molar-refractivity contribution in [2.45, 2.75) is 13.8 Å². The predicted molar refractivity (Wildman–Crippen MR) is 112 cm³/mol. The highest BCUT2D eigenvalue weighted by Gasteiger charge is 2.32. The number of hydrogen-bond donors (Lipinski definition) is 0. The van der Waals surface area contributed by atoms with Crippen molar-refractivity contribution in [3.8, 4) is 11.5 Å². The van der Waals surface area contributed by atoms with Crippen LogP contribution >= 0.6 is 11.6 Å². The second-order valence-corrected chi connectivity index (χ2v) is 7.11.